The first-order valence-electron chi connectivity index (χ1n) is 4.79. The number of rotatable bonds is 3. The van der Waals surface area contributed by atoms with Crippen molar-refractivity contribution in [2.45, 2.75) is 12.8 Å². The summed E-state index contributed by atoms with van der Waals surface area (Å²) in [6.45, 7) is 0.843. The quantitative estimate of drug-likeness (QED) is 0.714. The van der Waals surface area contributed by atoms with Crippen molar-refractivity contribution in [1.29, 1.82) is 0 Å². The second-order valence-corrected chi connectivity index (χ2v) is 3.72. The molecular weight excluding hydrogens is 178 g/mol. The molecule has 2 rings (SSSR count). The van der Waals surface area contributed by atoms with Crippen LogP contribution in [0.2, 0.25) is 0 Å². The first-order valence-corrected chi connectivity index (χ1v) is 4.79. The highest BCUT2D eigenvalue weighted by Crippen LogP contribution is 2.29. The molecule has 1 amide bonds. The van der Waals surface area contributed by atoms with E-state index in [0.29, 0.717) is 11.6 Å². The molecule has 0 saturated heterocycles. The molecule has 74 valence electrons. The lowest BCUT2D eigenvalue weighted by Crippen LogP contribution is -2.29. The lowest BCUT2D eigenvalue weighted by atomic mass is 10.3. The Morgan fingerprint density at radius 3 is 2.93 bits per heavy atom. The SMILES string of the molecule is CN(CC1CC1)C(=O)c1cnccn1. The summed E-state index contributed by atoms with van der Waals surface area (Å²) in [7, 11) is 1.81. The Balaban J connectivity index is 1.99. The molecular formula is C10H13N3O. The topological polar surface area (TPSA) is 46.1 Å². The number of hydrogen-bond donors (Lipinski definition) is 0. The van der Waals surface area contributed by atoms with Crippen LogP contribution >= 0.6 is 0 Å². The lowest BCUT2D eigenvalue weighted by molar-refractivity contribution is 0.0782. The summed E-state index contributed by atoms with van der Waals surface area (Å²) in [6.07, 6.45) is 7.11. The first-order chi connectivity index (χ1) is 6.77. The number of amides is 1. The fraction of sp³-hybridized carbons (Fsp3) is 0.500. The highest BCUT2D eigenvalue weighted by Gasteiger charge is 2.25. The number of nitrogens with zero attached hydrogens (tertiary/aromatic N) is 3. The van der Waals surface area contributed by atoms with Crippen molar-refractivity contribution in [2.24, 2.45) is 5.92 Å². The van der Waals surface area contributed by atoms with Crippen LogP contribution in [-0.4, -0.2) is 34.4 Å². The van der Waals surface area contributed by atoms with Gasteiger partial charge in [-0.25, -0.2) is 4.98 Å². The molecule has 1 aliphatic carbocycles. The van der Waals surface area contributed by atoms with E-state index in [9.17, 15) is 4.79 Å². The van der Waals surface area contributed by atoms with Gasteiger partial charge in [0, 0.05) is 26.0 Å². The van der Waals surface area contributed by atoms with E-state index in [4.69, 9.17) is 0 Å². The van der Waals surface area contributed by atoms with E-state index < -0.39 is 0 Å². The Hall–Kier alpha value is -1.45. The zero-order chi connectivity index (χ0) is 9.97. The van der Waals surface area contributed by atoms with Crippen LogP contribution in [0, 0.1) is 5.92 Å². The summed E-state index contributed by atoms with van der Waals surface area (Å²) in [5, 5.41) is 0. The molecule has 1 aromatic heterocycles. The minimum absolute atomic E-state index is 0.0370. The van der Waals surface area contributed by atoms with Gasteiger partial charge >= 0.3 is 0 Å². The maximum absolute atomic E-state index is 11.7. The molecule has 0 bridgehead atoms. The smallest absolute Gasteiger partial charge is 0.273 e. The normalized spacial score (nSPS) is 15.2. The van der Waals surface area contributed by atoms with Crippen LogP contribution in [0.1, 0.15) is 23.3 Å². The fourth-order valence-corrected chi connectivity index (χ4v) is 1.38. The Labute approximate surface area is 83.0 Å². The van der Waals surface area contributed by atoms with Crippen LogP contribution < -0.4 is 0 Å². The van der Waals surface area contributed by atoms with Crippen molar-refractivity contribution < 1.29 is 4.79 Å². The van der Waals surface area contributed by atoms with Gasteiger partial charge < -0.3 is 4.90 Å². The molecule has 0 N–H and O–H groups in total. The van der Waals surface area contributed by atoms with Crippen LogP contribution in [0.25, 0.3) is 0 Å². The van der Waals surface area contributed by atoms with Crippen molar-refractivity contribution >= 4 is 5.91 Å². The van der Waals surface area contributed by atoms with E-state index >= 15 is 0 Å². The molecule has 1 aromatic rings. The molecule has 1 aliphatic rings. The van der Waals surface area contributed by atoms with Crippen molar-refractivity contribution in [3.05, 3.63) is 24.3 Å². The van der Waals surface area contributed by atoms with Crippen LogP contribution in [0.3, 0.4) is 0 Å². The van der Waals surface area contributed by atoms with Gasteiger partial charge in [-0.15, -0.1) is 0 Å². The van der Waals surface area contributed by atoms with Gasteiger partial charge in [-0.1, -0.05) is 0 Å². The van der Waals surface area contributed by atoms with Crippen LogP contribution in [0.15, 0.2) is 18.6 Å². The average Bonchev–Trinajstić information content (AvgIpc) is 3.02. The Bertz CT molecular complexity index is 321. The van der Waals surface area contributed by atoms with Gasteiger partial charge in [0.25, 0.3) is 5.91 Å². The monoisotopic (exact) mass is 191 g/mol. The van der Waals surface area contributed by atoms with Gasteiger partial charge in [-0.05, 0) is 18.8 Å². The molecule has 1 saturated carbocycles. The standard InChI is InChI=1S/C10H13N3O/c1-13(7-8-2-3-8)10(14)9-6-11-4-5-12-9/h4-6,8H,2-3,7H2,1H3. The van der Waals surface area contributed by atoms with Gasteiger partial charge in [0.2, 0.25) is 0 Å². The van der Waals surface area contributed by atoms with Crippen LogP contribution in [0.4, 0.5) is 0 Å². The van der Waals surface area contributed by atoms with Gasteiger partial charge in [-0.3, -0.25) is 9.78 Å². The zero-order valence-electron chi connectivity index (χ0n) is 8.18. The molecule has 0 spiro atoms. The van der Waals surface area contributed by atoms with Crippen molar-refractivity contribution in [1.82, 2.24) is 14.9 Å². The average molecular weight is 191 g/mol. The molecule has 0 atom stereocenters. The molecule has 0 aliphatic heterocycles. The second kappa shape index (κ2) is 3.74. The third kappa shape index (κ3) is 2.07. The zero-order valence-corrected chi connectivity index (χ0v) is 8.18. The summed E-state index contributed by atoms with van der Waals surface area (Å²) >= 11 is 0. The maximum atomic E-state index is 11.7. The van der Waals surface area contributed by atoms with E-state index in [0.717, 1.165) is 6.54 Å². The fourth-order valence-electron chi connectivity index (χ4n) is 1.38. The second-order valence-electron chi connectivity index (χ2n) is 3.72. The minimum atomic E-state index is -0.0370. The third-order valence-electron chi connectivity index (χ3n) is 2.36. The van der Waals surface area contributed by atoms with Gasteiger partial charge in [0.1, 0.15) is 5.69 Å². The summed E-state index contributed by atoms with van der Waals surface area (Å²) in [4.78, 5) is 21.3. The molecule has 4 nitrogen and oxygen atoms in total. The molecule has 4 heteroatoms. The number of carbonyl (C=O) groups excluding carboxylic acids is 1. The van der Waals surface area contributed by atoms with E-state index in [2.05, 4.69) is 9.97 Å². The lowest BCUT2D eigenvalue weighted by Gasteiger charge is -2.15. The molecule has 0 unspecified atom stereocenters. The first kappa shape index (κ1) is 9.12. The minimum Gasteiger partial charge on any atom is -0.340 e. The Kier molecular flexibility index (Phi) is 2.43. The molecule has 0 aromatic carbocycles. The predicted molar refractivity (Wildman–Crippen MR) is 51.7 cm³/mol. The van der Waals surface area contributed by atoms with E-state index in [1.165, 1.54) is 25.2 Å². The maximum Gasteiger partial charge on any atom is 0.273 e. The van der Waals surface area contributed by atoms with Crippen LogP contribution in [-0.2, 0) is 0 Å². The van der Waals surface area contributed by atoms with E-state index in [-0.39, 0.29) is 5.91 Å². The van der Waals surface area contributed by atoms with Crippen molar-refractivity contribution in [3.63, 3.8) is 0 Å². The van der Waals surface area contributed by atoms with Gasteiger partial charge in [0.05, 0.1) is 6.20 Å². The summed E-state index contributed by atoms with van der Waals surface area (Å²) in [5.41, 5.74) is 0.427. The van der Waals surface area contributed by atoms with Gasteiger partial charge in [-0.2, -0.15) is 0 Å². The molecule has 14 heavy (non-hydrogen) atoms. The van der Waals surface area contributed by atoms with Crippen molar-refractivity contribution in [3.8, 4) is 0 Å². The number of aromatic nitrogens is 2. The highest BCUT2D eigenvalue weighted by molar-refractivity contribution is 5.91. The number of carbonyl (C=O) groups is 1. The highest BCUT2D eigenvalue weighted by atomic mass is 16.2. The summed E-state index contributed by atoms with van der Waals surface area (Å²) in [6, 6.07) is 0. The molecule has 1 heterocycles. The summed E-state index contributed by atoms with van der Waals surface area (Å²) < 4.78 is 0. The molecule has 1 fully saturated rings. The van der Waals surface area contributed by atoms with Crippen LogP contribution in [0.5, 0.6) is 0 Å². The largest absolute Gasteiger partial charge is 0.340 e. The number of hydrogen-bond acceptors (Lipinski definition) is 3. The van der Waals surface area contributed by atoms with Gasteiger partial charge in [0.15, 0.2) is 0 Å². The van der Waals surface area contributed by atoms with E-state index in [1.807, 2.05) is 7.05 Å². The third-order valence-corrected chi connectivity index (χ3v) is 2.36. The molecule has 0 radical (unpaired) electrons. The van der Waals surface area contributed by atoms with E-state index in [1.54, 1.807) is 11.1 Å². The van der Waals surface area contributed by atoms with Crippen molar-refractivity contribution in [2.75, 3.05) is 13.6 Å². The Morgan fingerprint density at radius 1 is 1.57 bits per heavy atom. The Morgan fingerprint density at radius 2 is 2.36 bits per heavy atom. The predicted octanol–water partition coefficient (Wildman–Crippen LogP) is 0.959. The summed E-state index contributed by atoms with van der Waals surface area (Å²) in [5.74, 6) is 0.672.